The molecule has 0 radical (unpaired) electrons. The molecule has 1 fully saturated rings. The summed E-state index contributed by atoms with van der Waals surface area (Å²) in [7, 11) is 0. The van der Waals surface area contributed by atoms with Gasteiger partial charge in [0.05, 0.1) is 11.8 Å². The first-order valence-electron chi connectivity index (χ1n) is 5.59. The molecule has 1 saturated heterocycles. The van der Waals surface area contributed by atoms with Gasteiger partial charge in [0, 0.05) is 24.8 Å². The van der Waals surface area contributed by atoms with Gasteiger partial charge < -0.3 is 10.1 Å². The van der Waals surface area contributed by atoms with Gasteiger partial charge in [-0.05, 0) is 19.8 Å². The molecule has 0 amide bonds. The van der Waals surface area contributed by atoms with E-state index in [-0.39, 0.29) is 17.8 Å². The van der Waals surface area contributed by atoms with Gasteiger partial charge in [0.1, 0.15) is 5.82 Å². The fourth-order valence-corrected chi connectivity index (χ4v) is 2.01. The second-order valence-electron chi connectivity index (χ2n) is 4.30. The highest BCUT2D eigenvalue weighted by atomic mass is 19.2. The maximum Gasteiger partial charge on any atom is 0.182 e. The highest BCUT2D eigenvalue weighted by Crippen LogP contribution is 2.23. The van der Waals surface area contributed by atoms with Crippen LogP contribution in [0.1, 0.15) is 19.8 Å². The van der Waals surface area contributed by atoms with Crippen LogP contribution in [0, 0.1) is 17.5 Å². The summed E-state index contributed by atoms with van der Waals surface area (Å²) in [5.74, 6) is -3.00. The average molecular weight is 245 g/mol. The van der Waals surface area contributed by atoms with Crippen molar-refractivity contribution in [2.75, 3.05) is 11.9 Å². The monoisotopic (exact) mass is 245 g/mol. The number of anilines is 1. The third kappa shape index (κ3) is 2.91. The Kier molecular flexibility index (Phi) is 3.57. The molecule has 1 heterocycles. The number of halogens is 3. The van der Waals surface area contributed by atoms with Gasteiger partial charge in [-0.3, -0.25) is 0 Å². The molecule has 0 spiro atoms. The van der Waals surface area contributed by atoms with Gasteiger partial charge in [-0.2, -0.15) is 0 Å². The minimum atomic E-state index is -1.17. The van der Waals surface area contributed by atoms with Crippen LogP contribution in [0.25, 0.3) is 0 Å². The summed E-state index contributed by atoms with van der Waals surface area (Å²) in [5, 5.41) is 2.83. The van der Waals surface area contributed by atoms with E-state index in [0.717, 1.165) is 6.07 Å². The molecular weight excluding hydrogens is 231 g/mol. The van der Waals surface area contributed by atoms with Crippen molar-refractivity contribution in [3.8, 4) is 0 Å². The molecule has 1 aromatic carbocycles. The van der Waals surface area contributed by atoms with Crippen LogP contribution in [0.15, 0.2) is 12.1 Å². The molecule has 0 saturated carbocycles. The van der Waals surface area contributed by atoms with Gasteiger partial charge in [0.2, 0.25) is 0 Å². The summed E-state index contributed by atoms with van der Waals surface area (Å²) in [6.45, 7) is 2.48. The lowest BCUT2D eigenvalue weighted by atomic mass is 10.0. The summed E-state index contributed by atoms with van der Waals surface area (Å²) in [4.78, 5) is 0. The van der Waals surface area contributed by atoms with Crippen molar-refractivity contribution in [2.45, 2.75) is 31.9 Å². The third-order valence-corrected chi connectivity index (χ3v) is 2.84. The number of nitrogens with one attached hydrogen (secondary N) is 1. The average Bonchev–Trinajstić information content (AvgIpc) is 2.25. The summed E-state index contributed by atoms with van der Waals surface area (Å²) in [6, 6.07) is 1.49. The minimum absolute atomic E-state index is 0.0190. The SMILES string of the molecule is CC1CC(Nc2cc(F)cc(F)c2F)CCO1. The Labute approximate surface area is 97.8 Å². The summed E-state index contributed by atoms with van der Waals surface area (Å²) in [6.07, 6.45) is 1.46. The molecule has 2 nitrogen and oxygen atoms in total. The minimum Gasteiger partial charge on any atom is -0.380 e. The highest BCUT2D eigenvalue weighted by molar-refractivity contribution is 5.46. The third-order valence-electron chi connectivity index (χ3n) is 2.84. The zero-order chi connectivity index (χ0) is 12.4. The van der Waals surface area contributed by atoms with Crippen LogP contribution in [-0.4, -0.2) is 18.8 Å². The Balaban J connectivity index is 2.12. The van der Waals surface area contributed by atoms with Crippen LogP contribution in [-0.2, 0) is 4.74 Å². The summed E-state index contributed by atoms with van der Waals surface area (Å²) >= 11 is 0. The molecular formula is C12H14F3NO. The Morgan fingerprint density at radius 2 is 2.06 bits per heavy atom. The van der Waals surface area contributed by atoms with Crippen molar-refractivity contribution in [3.05, 3.63) is 29.6 Å². The number of hydrogen-bond acceptors (Lipinski definition) is 2. The Morgan fingerprint density at radius 3 is 2.76 bits per heavy atom. The van der Waals surface area contributed by atoms with Crippen molar-refractivity contribution in [3.63, 3.8) is 0 Å². The predicted molar refractivity (Wildman–Crippen MR) is 58.4 cm³/mol. The number of ether oxygens (including phenoxy) is 1. The molecule has 1 aliphatic rings. The molecule has 5 heteroatoms. The van der Waals surface area contributed by atoms with E-state index < -0.39 is 17.5 Å². The van der Waals surface area contributed by atoms with Gasteiger partial charge in [-0.1, -0.05) is 0 Å². The molecule has 2 rings (SSSR count). The molecule has 94 valence electrons. The largest absolute Gasteiger partial charge is 0.380 e. The Morgan fingerprint density at radius 1 is 1.29 bits per heavy atom. The van der Waals surface area contributed by atoms with E-state index in [9.17, 15) is 13.2 Å². The van der Waals surface area contributed by atoms with E-state index in [0.29, 0.717) is 25.5 Å². The standard InChI is InChI=1S/C12H14F3NO/c1-7-4-9(2-3-17-7)16-11-6-8(13)5-10(14)12(11)15/h5-7,9,16H,2-4H2,1H3. The van der Waals surface area contributed by atoms with Crippen LogP contribution >= 0.6 is 0 Å². The van der Waals surface area contributed by atoms with Crippen molar-refractivity contribution >= 4 is 5.69 Å². The van der Waals surface area contributed by atoms with E-state index in [1.807, 2.05) is 6.92 Å². The summed E-state index contributed by atoms with van der Waals surface area (Å²) < 4.78 is 44.7. The van der Waals surface area contributed by atoms with E-state index in [1.54, 1.807) is 0 Å². The summed E-state index contributed by atoms with van der Waals surface area (Å²) in [5.41, 5.74) is -0.124. The van der Waals surface area contributed by atoms with E-state index in [2.05, 4.69) is 5.32 Å². The van der Waals surface area contributed by atoms with Gasteiger partial charge >= 0.3 is 0 Å². The molecule has 0 aliphatic carbocycles. The van der Waals surface area contributed by atoms with Gasteiger partial charge in [0.15, 0.2) is 11.6 Å². The second kappa shape index (κ2) is 4.96. The Hall–Kier alpha value is -1.23. The maximum atomic E-state index is 13.4. The first-order chi connectivity index (χ1) is 8.06. The highest BCUT2D eigenvalue weighted by Gasteiger charge is 2.21. The molecule has 17 heavy (non-hydrogen) atoms. The lowest BCUT2D eigenvalue weighted by molar-refractivity contribution is 0.0231. The molecule has 2 atom stereocenters. The molecule has 1 aliphatic heterocycles. The maximum absolute atomic E-state index is 13.4. The van der Waals surface area contributed by atoms with E-state index in [4.69, 9.17) is 4.74 Å². The molecule has 1 N–H and O–H groups in total. The first-order valence-corrected chi connectivity index (χ1v) is 5.59. The fourth-order valence-electron chi connectivity index (χ4n) is 2.01. The van der Waals surface area contributed by atoms with Crippen molar-refractivity contribution < 1.29 is 17.9 Å². The molecule has 0 bridgehead atoms. The topological polar surface area (TPSA) is 21.3 Å². The smallest absolute Gasteiger partial charge is 0.182 e. The molecule has 2 unspecified atom stereocenters. The molecule has 0 aromatic heterocycles. The van der Waals surface area contributed by atoms with Crippen molar-refractivity contribution in [2.24, 2.45) is 0 Å². The van der Waals surface area contributed by atoms with Crippen LogP contribution in [0.4, 0.5) is 18.9 Å². The van der Waals surface area contributed by atoms with Crippen molar-refractivity contribution in [1.29, 1.82) is 0 Å². The van der Waals surface area contributed by atoms with E-state index in [1.165, 1.54) is 0 Å². The zero-order valence-electron chi connectivity index (χ0n) is 9.47. The number of hydrogen-bond donors (Lipinski definition) is 1. The Bertz CT molecular complexity index is 411. The molecule has 1 aromatic rings. The first kappa shape index (κ1) is 12.2. The number of rotatable bonds is 2. The lowest BCUT2D eigenvalue weighted by Crippen LogP contribution is -2.32. The second-order valence-corrected chi connectivity index (χ2v) is 4.30. The van der Waals surface area contributed by atoms with Crippen LogP contribution in [0.5, 0.6) is 0 Å². The van der Waals surface area contributed by atoms with Gasteiger partial charge in [0.25, 0.3) is 0 Å². The van der Waals surface area contributed by atoms with Crippen molar-refractivity contribution in [1.82, 2.24) is 0 Å². The quantitative estimate of drug-likeness (QED) is 0.808. The van der Waals surface area contributed by atoms with Crippen LogP contribution in [0.3, 0.4) is 0 Å². The zero-order valence-corrected chi connectivity index (χ0v) is 9.47. The fraction of sp³-hybridized carbons (Fsp3) is 0.500. The van der Waals surface area contributed by atoms with Crippen LogP contribution in [0.2, 0.25) is 0 Å². The van der Waals surface area contributed by atoms with E-state index >= 15 is 0 Å². The predicted octanol–water partition coefficient (Wildman–Crippen LogP) is 3.08. The van der Waals surface area contributed by atoms with Crippen LogP contribution < -0.4 is 5.32 Å². The van der Waals surface area contributed by atoms with Gasteiger partial charge in [-0.15, -0.1) is 0 Å². The van der Waals surface area contributed by atoms with Gasteiger partial charge in [-0.25, -0.2) is 13.2 Å². The normalized spacial score (nSPS) is 24.7. The number of benzene rings is 1. The lowest BCUT2D eigenvalue weighted by Gasteiger charge is -2.28.